The van der Waals surface area contributed by atoms with Crippen molar-refractivity contribution >= 4 is 28.3 Å². The minimum absolute atomic E-state index is 0.300. The van der Waals surface area contributed by atoms with Crippen LogP contribution < -0.4 is 5.43 Å². The Morgan fingerprint density at radius 2 is 2.16 bits per heavy atom. The highest BCUT2D eigenvalue weighted by Crippen LogP contribution is 2.20. The lowest BCUT2D eigenvalue weighted by molar-refractivity contribution is 0.556. The quantitative estimate of drug-likeness (QED) is 0.916. The number of furan rings is 1. The van der Waals surface area contributed by atoms with E-state index in [-0.39, 0.29) is 5.82 Å². The van der Waals surface area contributed by atoms with Crippen molar-refractivity contribution in [2.45, 2.75) is 0 Å². The van der Waals surface area contributed by atoms with Gasteiger partial charge in [0.05, 0.1) is 6.26 Å². The molecular formula is C13H10FN3OS. The number of amidine groups is 1. The summed E-state index contributed by atoms with van der Waals surface area (Å²) in [4.78, 5) is 4.19. The molecule has 0 spiro atoms. The topological polar surface area (TPSA) is 49.9 Å². The van der Waals surface area contributed by atoms with E-state index < -0.39 is 0 Å². The summed E-state index contributed by atoms with van der Waals surface area (Å²) >= 11 is 1.45. The average Bonchev–Trinajstić information content (AvgIpc) is 2.96. The van der Waals surface area contributed by atoms with Gasteiger partial charge in [-0.3, -0.25) is 5.43 Å². The highest BCUT2D eigenvalue weighted by Gasteiger charge is 2.15. The summed E-state index contributed by atoms with van der Waals surface area (Å²) < 4.78 is 18.7. The number of hydrogen-bond acceptors (Lipinski definition) is 4. The van der Waals surface area contributed by atoms with Gasteiger partial charge in [-0.15, -0.1) is 0 Å². The van der Waals surface area contributed by atoms with E-state index in [0.29, 0.717) is 16.6 Å². The number of nitrogens with one attached hydrogen (secondary N) is 1. The lowest BCUT2D eigenvalue weighted by Gasteiger charge is -2.13. The van der Waals surface area contributed by atoms with Gasteiger partial charge in [0.2, 0.25) is 0 Å². The third-order valence-corrected chi connectivity index (χ3v) is 3.39. The van der Waals surface area contributed by atoms with Gasteiger partial charge < -0.3 is 4.42 Å². The number of hydrazone groups is 1. The molecule has 0 amide bonds. The van der Waals surface area contributed by atoms with Gasteiger partial charge in [0.25, 0.3) is 0 Å². The SMILES string of the molecule is Fc1ccccc1N=C1NN=C(c2ccco2)CS1. The Labute approximate surface area is 113 Å². The largest absolute Gasteiger partial charge is 0.463 e. The Kier molecular flexibility index (Phi) is 3.33. The second-order valence-corrected chi connectivity index (χ2v) is 4.77. The van der Waals surface area contributed by atoms with Gasteiger partial charge >= 0.3 is 0 Å². The molecule has 1 aliphatic rings. The standard InChI is InChI=1S/C13H10FN3OS/c14-9-4-1-2-5-10(9)15-13-17-16-11(8-19-13)12-6-3-7-18-12/h1-7H,8H2,(H,15,17). The van der Waals surface area contributed by atoms with E-state index in [2.05, 4.69) is 15.5 Å². The molecule has 19 heavy (non-hydrogen) atoms. The summed E-state index contributed by atoms with van der Waals surface area (Å²) in [5.74, 6) is 1.01. The second kappa shape index (κ2) is 5.27. The molecule has 0 radical (unpaired) electrons. The Hall–Kier alpha value is -2.08. The number of hydrogen-bond donors (Lipinski definition) is 1. The number of benzene rings is 1. The van der Waals surface area contributed by atoms with Gasteiger partial charge in [-0.1, -0.05) is 23.9 Å². The van der Waals surface area contributed by atoms with Crippen LogP contribution in [0.5, 0.6) is 0 Å². The number of para-hydroxylation sites is 1. The van der Waals surface area contributed by atoms with E-state index in [1.807, 2.05) is 12.1 Å². The maximum Gasteiger partial charge on any atom is 0.182 e. The van der Waals surface area contributed by atoms with Gasteiger partial charge in [-0.2, -0.15) is 5.10 Å². The molecule has 1 aromatic heterocycles. The maximum atomic E-state index is 13.4. The van der Waals surface area contributed by atoms with Gasteiger partial charge in [-0.25, -0.2) is 9.38 Å². The summed E-state index contributed by atoms with van der Waals surface area (Å²) in [5, 5.41) is 4.75. The van der Waals surface area contributed by atoms with Crippen LogP contribution >= 0.6 is 11.8 Å². The van der Waals surface area contributed by atoms with Crippen LogP contribution in [0.2, 0.25) is 0 Å². The van der Waals surface area contributed by atoms with Gasteiger partial charge in [0.1, 0.15) is 17.2 Å². The van der Waals surface area contributed by atoms with Crippen molar-refractivity contribution in [2.75, 3.05) is 5.75 Å². The number of halogens is 1. The first-order valence-corrected chi connectivity index (χ1v) is 6.64. The molecule has 6 heteroatoms. The molecule has 0 saturated heterocycles. The minimum Gasteiger partial charge on any atom is -0.463 e. The van der Waals surface area contributed by atoms with Crippen molar-refractivity contribution in [1.29, 1.82) is 0 Å². The van der Waals surface area contributed by atoms with Gasteiger partial charge in [0.15, 0.2) is 10.9 Å². The predicted octanol–water partition coefficient (Wildman–Crippen LogP) is 3.15. The molecule has 0 fully saturated rings. The molecule has 96 valence electrons. The van der Waals surface area contributed by atoms with E-state index >= 15 is 0 Å². The Morgan fingerprint density at radius 3 is 2.84 bits per heavy atom. The summed E-state index contributed by atoms with van der Waals surface area (Å²) in [5.41, 5.74) is 3.92. The molecule has 0 unspecified atom stereocenters. The van der Waals surface area contributed by atoms with Crippen LogP contribution in [-0.4, -0.2) is 16.6 Å². The van der Waals surface area contributed by atoms with E-state index in [9.17, 15) is 4.39 Å². The molecule has 0 atom stereocenters. The smallest absolute Gasteiger partial charge is 0.182 e. The minimum atomic E-state index is -0.349. The van der Waals surface area contributed by atoms with Crippen molar-refractivity contribution in [3.05, 3.63) is 54.2 Å². The third kappa shape index (κ3) is 2.68. The summed E-state index contributed by atoms with van der Waals surface area (Å²) in [6.07, 6.45) is 1.60. The molecule has 4 nitrogen and oxygen atoms in total. The lowest BCUT2D eigenvalue weighted by atomic mass is 10.3. The van der Waals surface area contributed by atoms with Crippen molar-refractivity contribution in [1.82, 2.24) is 5.43 Å². The van der Waals surface area contributed by atoms with Crippen molar-refractivity contribution < 1.29 is 8.81 Å². The van der Waals surface area contributed by atoms with Crippen molar-refractivity contribution in [3.63, 3.8) is 0 Å². The Morgan fingerprint density at radius 1 is 1.26 bits per heavy atom. The van der Waals surface area contributed by atoms with Crippen LogP contribution in [0.25, 0.3) is 0 Å². The normalized spacial score (nSPS) is 17.1. The van der Waals surface area contributed by atoms with Crippen LogP contribution in [0.4, 0.5) is 10.1 Å². The molecule has 1 aromatic carbocycles. The first-order chi connectivity index (χ1) is 9.33. The molecule has 0 aliphatic carbocycles. The highest BCUT2D eigenvalue weighted by atomic mass is 32.2. The first-order valence-electron chi connectivity index (χ1n) is 5.65. The molecule has 1 N–H and O–H groups in total. The number of thioether (sulfide) groups is 1. The summed E-state index contributed by atoms with van der Waals surface area (Å²) in [6, 6.07) is 10.0. The lowest BCUT2D eigenvalue weighted by Crippen LogP contribution is -2.24. The van der Waals surface area contributed by atoms with E-state index in [1.165, 1.54) is 17.8 Å². The fourth-order valence-electron chi connectivity index (χ4n) is 1.59. The zero-order valence-electron chi connectivity index (χ0n) is 9.84. The van der Waals surface area contributed by atoms with Gasteiger partial charge in [-0.05, 0) is 24.3 Å². The molecule has 2 heterocycles. The fourth-order valence-corrected chi connectivity index (χ4v) is 2.35. The molecule has 1 aliphatic heterocycles. The molecule has 0 saturated carbocycles. The Balaban J connectivity index is 1.78. The number of nitrogens with zero attached hydrogens (tertiary/aromatic N) is 2. The van der Waals surface area contributed by atoms with Crippen molar-refractivity contribution in [2.24, 2.45) is 10.1 Å². The van der Waals surface area contributed by atoms with Crippen LogP contribution in [-0.2, 0) is 0 Å². The number of rotatable bonds is 2. The van der Waals surface area contributed by atoms with Crippen LogP contribution in [0.15, 0.2) is 57.2 Å². The van der Waals surface area contributed by atoms with Crippen LogP contribution in [0, 0.1) is 5.82 Å². The molecule has 2 aromatic rings. The van der Waals surface area contributed by atoms with Crippen molar-refractivity contribution in [3.8, 4) is 0 Å². The molecular weight excluding hydrogens is 265 g/mol. The molecule has 0 bridgehead atoms. The van der Waals surface area contributed by atoms with Crippen LogP contribution in [0.3, 0.4) is 0 Å². The Bertz CT molecular complexity index is 637. The number of aliphatic imine (C=N–C) groups is 1. The van der Waals surface area contributed by atoms with Crippen LogP contribution in [0.1, 0.15) is 5.76 Å². The van der Waals surface area contributed by atoms with E-state index in [4.69, 9.17) is 4.42 Å². The average molecular weight is 275 g/mol. The fraction of sp³-hybridized carbons (Fsp3) is 0.0769. The third-order valence-electron chi connectivity index (χ3n) is 2.51. The zero-order chi connectivity index (χ0) is 13.1. The predicted molar refractivity (Wildman–Crippen MR) is 74.3 cm³/mol. The molecule has 3 rings (SSSR count). The monoisotopic (exact) mass is 275 g/mol. The first kappa shape index (κ1) is 12.0. The van der Waals surface area contributed by atoms with E-state index in [1.54, 1.807) is 24.5 Å². The highest BCUT2D eigenvalue weighted by molar-refractivity contribution is 8.14. The second-order valence-electron chi connectivity index (χ2n) is 3.80. The van der Waals surface area contributed by atoms with E-state index in [0.717, 1.165) is 11.5 Å². The summed E-state index contributed by atoms with van der Waals surface area (Å²) in [6.45, 7) is 0. The van der Waals surface area contributed by atoms with Gasteiger partial charge in [0, 0.05) is 5.75 Å². The zero-order valence-corrected chi connectivity index (χ0v) is 10.7. The maximum absolute atomic E-state index is 13.4. The summed E-state index contributed by atoms with van der Waals surface area (Å²) in [7, 11) is 0.